The Bertz CT molecular complexity index is 1210. The molecule has 10 nitrogen and oxygen atoms in total. The number of ether oxygens (including phenoxy) is 1. The lowest BCUT2D eigenvalue weighted by Crippen LogP contribution is -2.35. The van der Waals surface area contributed by atoms with Crippen LogP contribution in [0.1, 0.15) is 62.9 Å². The first-order valence-corrected chi connectivity index (χ1v) is 11.8. The molecule has 2 aliphatic rings. The van der Waals surface area contributed by atoms with E-state index in [2.05, 4.69) is 11.8 Å². The number of nitrogens with zero attached hydrogens (tertiary/aromatic N) is 2. The van der Waals surface area contributed by atoms with Gasteiger partial charge in [0.15, 0.2) is 5.75 Å². The van der Waals surface area contributed by atoms with E-state index in [9.17, 15) is 19.2 Å². The zero-order valence-corrected chi connectivity index (χ0v) is 20.4. The molecule has 11 heteroatoms. The van der Waals surface area contributed by atoms with Gasteiger partial charge in [-0.2, -0.15) is 0 Å². The molecule has 2 heterocycles. The van der Waals surface area contributed by atoms with E-state index < -0.39 is 30.7 Å². The second kappa shape index (κ2) is 10.0. The van der Waals surface area contributed by atoms with Crippen molar-refractivity contribution < 1.29 is 33.1 Å². The molecule has 186 valence electrons. The van der Waals surface area contributed by atoms with Crippen LogP contribution < -0.4 is 15.1 Å². The molecular weight excluding hydrogens is 455 g/mol. The number of carbonyl (C=O) groups excluding carboxylic acids is 3. The fourth-order valence-electron chi connectivity index (χ4n) is 4.55. The topological polar surface area (TPSA) is 113 Å². The fourth-order valence-corrected chi connectivity index (χ4v) is 4.55. The van der Waals surface area contributed by atoms with Crippen molar-refractivity contribution in [2.45, 2.75) is 52.5 Å². The van der Waals surface area contributed by atoms with Gasteiger partial charge in [-0.15, -0.1) is 0 Å². The fraction of sp³-hybridized carbons (Fsp3) is 0.500. The molecule has 0 N–H and O–H groups in total. The van der Waals surface area contributed by atoms with E-state index in [4.69, 9.17) is 18.7 Å². The third-order valence-electron chi connectivity index (χ3n) is 6.22. The molecule has 1 aromatic carbocycles. The molecule has 0 spiro atoms. The summed E-state index contributed by atoms with van der Waals surface area (Å²) in [6, 6.07) is 3.67. The van der Waals surface area contributed by atoms with Gasteiger partial charge in [-0.1, -0.05) is 6.92 Å². The highest BCUT2D eigenvalue weighted by Crippen LogP contribution is 2.43. The molecule has 2 fully saturated rings. The van der Waals surface area contributed by atoms with Crippen LogP contribution in [0.2, 0.25) is 0 Å². The van der Waals surface area contributed by atoms with E-state index in [-0.39, 0.29) is 11.6 Å². The van der Waals surface area contributed by atoms with Crippen LogP contribution in [0.15, 0.2) is 23.1 Å². The molecule has 1 saturated carbocycles. The molecule has 1 aliphatic carbocycles. The van der Waals surface area contributed by atoms with E-state index in [1.54, 1.807) is 13.2 Å². The average molecular weight is 484 g/mol. The van der Waals surface area contributed by atoms with Crippen molar-refractivity contribution in [1.29, 1.82) is 0 Å². The molecule has 2 aromatic rings. The van der Waals surface area contributed by atoms with Crippen LogP contribution in [-0.4, -0.2) is 50.0 Å². The molecule has 1 atom stereocenters. The number of carbonyl (C=O) groups is 3. The number of piperidine rings is 1. The van der Waals surface area contributed by atoms with Crippen molar-refractivity contribution in [2.75, 3.05) is 25.1 Å². The van der Waals surface area contributed by atoms with E-state index in [0.29, 0.717) is 22.6 Å². The third-order valence-corrected chi connectivity index (χ3v) is 6.22. The van der Waals surface area contributed by atoms with Crippen LogP contribution in [0.5, 0.6) is 5.75 Å². The van der Waals surface area contributed by atoms with E-state index in [0.717, 1.165) is 51.9 Å². The van der Waals surface area contributed by atoms with Crippen LogP contribution in [0.3, 0.4) is 0 Å². The molecule has 1 aromatic heterocycles. The van der Waals surface area contributed by atoms with Crippen molar-refractivity contribution in [1.82, 2.24) is 4.57 Å². The zero-order chi connectivity index (χ0) is 25.3. The van der Waals surface area contributed by atoms with Gasteiger partial charge in [-0.3, -0.25) is 14.4 Å². The molecule has 1 aliphatic heterocycles. The lowest BCUT2D eigenvalue weighted by molar-refractivity contribution is -0.139. The molecule has 0 amide bonds. The second-order valence-corrected chi connectivity index (χ2v) is 9.13. The first kappa shape index (κ1) is 24.6. The summed E-state index contributed by atoms with van der Waals surface area (Å²) in [6.07, 6.45) is 5.49. The summed E-state index contributed by atoms with van der Waals surface area (Å²) in [7, 11) is -0.307. The van der Waals surface area contributed by atoms with Gasteiger partial charge in [0.2, 0.25) is 5.43 Å². The normalized spacial score (nSPS) is 17.6. The molecule has 1 saturated heterocycles. The second-order valence-electron chi connectivity index (χ2n) is 9.13. The number of methoxy groups -OCH3 is 1. The molecule has 0 unspecified atom stereocenters. The van der Waals surface area contributed by atoms with Crippen LogP contribution in [0.25, 0.3) is 10.9 Å². The van der Waals surface area contributed by atoms with Gasteiger partial charge in [-0.05, 0) is 43.7 Å². The SMILES string of the molecule is COc1c(N2CCC[C@H](C)C2)ccc2c(=O)c(C(=O)OB(OC(C)=O)OC(C)=O)cn(C3CC3)c12. The van der Waals surface area contributed by atoms with E-state index in [1.807, 2.05) is 10.6 Å². The highest BCUT2D eigenvalue weighted by molar-refractivity contribution is 6.44. The number of hydrogen-bond acceptors (Lipinski definition) is 9. The van der Waals surface area contributed by atoms with Crippen molar-refractivity contribution in [3.8, 4) is 5.75 Å². The van der Waals surface area contributed by atoms with Gasteiger partial charge >= 0.3 is 13.3 Å². The first-order valence-electron chi connectivity index (χ1n) is 11.8. The Kier molecular flexibility index (Phi) is 7.04. The van der Waals surface area contributed by atoms with Gasteiger partial charge in [0.25, 0.3) is 11.9 Å². The van der Waals surface area contributed by atoms with Crippen LogP contribution in [-0.2, 0) is 23.6 Å². The Morgan fingerprint density at radius 1 is 1.03 bits per heavy atom. The minimum absolute atomic E-state index is 0.104. The molecule has 0 bridgehead atoms. The number of rotatable bonds is 7. The quantitative estimate of drug-likeness (QED) is 0.548. The lowest BCUT2D eigenvalue weighted by atomic mass is 9.99. The predicted octanol–water partition coefficient (Wildman–Crippen LogP) is 2.85. The maximum absolute atomic E-state index is 13.4. The largest absolute Gasteiger partial charge is 0.870 e. The Morgan fingerprint density at radius 3 is 2.29 bits per heavy atom. The number of benzene rings is 1. The summed E-state index contributed by atoms with van der Waals surface area (Å²) in [4.78, 5) is 51.2. The van der Waals surface area contributed by atoms with Gasteiger partial charge in [-0.25, -0.2) is 4.79 Å². The van der Waals surface area contributed by atoms with Crippen molar-refractivity contribution in [2.24, 2.45) is 5.92 Å². The minimum atomic E-state index is -1.89. The molecule has 4 rings (SSSR count). The smallest absolute Gasteiger partial charge is 0.492 e. The highest BCUT2D eigenvalue weighted by Gasteiger charge is 2.37. The third kappa shape index (κ3) is 5.28. The number of aromatic nitrogens is 1. The highest BCUT2D eigenvalue weighted by atomic mass is 16.8. The van der Waals surface area contributed by atoms with Crippen LogP contribution in [0, 0.1) is 5.92 Å². The Morgan fingerprint density at radius 2 is 1.71 bits per heavy atom. The maximum Gasteiger partial charge on any atom is 0.870 e. The Labute approximate surface area is 203 Å². The number of hydrogen-bond donors (Lipinski definition) is 0. The number of fused-ring (bicyclic) bond motifs is 1. The van der Waals surface area contributed by atoms with E-state index in [1.165, 1.54) is 12.6 Å². The van der Waals surface area contributed by atoms with E-state index >= 15 is 0 Å². The molecule has 35 heavy (non-hydrogen) atoms. The summed E-state index contributed by atoms with van der Waals surface area (Å²) < 4.78 is 22.3. The predicted molar refractivity (Wildman–Crippen MR) is 128 cm³/mol. The van der Waals surface area contributed by atoms with Gasteiger partial charge in [0.1, 0.15) is 5.56 Å². The summed E-state index contributed by atoms with van der Waals surface area (Å²) >= 11 is 0. The summed E-state index contributed by atoms with van der Waals surface area (Å²) in [5.74, 6) is -1.55. The molecule has 0 radical (unpaired) electrons. The summed E-state index contributed by atoms with van der Waals surface area (Å²) in [5, 5.41) is 0.313. The van der Waals surface area contributed by atoms with Crippen LogP contribution >= 0.6 is 0 Å². The minimum Gasteiger partial charge on any atom is -0.492 e. The average Bonchev–Trinajstić information content (AvgIpc) is 3.63. The lowest BCUT2D eigenvalue weighted by Gasteiger charge is -2.34. The number of anilines is 1. The van der Waals surface area contributed by atoms with Gasteiger partial charge in [0, 0.05) is 39.2 Å². The monoisotopic (exact) mass is 484 g/mol. The van der Waals surface area contributed by atoms with Gasteiger partial charge in [0.05, 0.1) is 23.7 Å². The standard InChI is InChI=1S/C24H29BN2O8/c1-14-6-5-11-26(12-14)20-10-9-18-21(23(20)32-4)27(17-7-8-17)13-19(22(18)30)24(31)35-25(33-15(2)28)34-16(3)29/h9-10,13-14,17H,5-8,11-12H2,1-4H3/t14-/m0/s1. The van der Waals surface area contributed by atoms with Crippen LogP contribution in [0.4, 0.5) is 5.69 Å². The Balaban J connectivity index is 1.78. The van der Waals surface area contributed by atoms with Crippen molar-refractivity contribution >= 4 is 41.8 Å². The Hall–Kier alpha value is -3.50. The van der Waals surface area contributed by atoms with Crippen molar-refractivity contribution in [3.63, 3.8) is 0 Å². The maximum atomic E-state index is 13.4. The summed E-state index contributed by atoms with van der Waals surface area (Å²) in [5.41, 5.74) is 0.738. The molecular formula is C24H29BN2O8. The number of pyridine rings is 1. The zero-order valence-electron chi connectivity index (χ0n) is 20.4. The van der Waals surface area contributed by atoms with Crippen molar-refractivity contribution in [3.05, 3.63) is 34.1 Å². The summed E-state index contributed by atoms with van der Waals surface area (Å²) in [6.45, 7) is 6.17. The van der Waals surface area contributed by atoms with Gasteiger partial charge < -0.3 is 28.2 Å². The first-order chi connectivity index (χ1) is 16.7.